The molecule has 0 aliphatic heterocycles. The molecule has 2 saturated carbocycles. The van der Waals surface area contributed by atoms with Crippen molar-refractivity contribution < 1.29 is 10.2 Å². The summed E-state index contributed by atoms with van der Waals surface area (Å²) in [5, 5.41) is 18.2. The molecule has 2 unspecified atom stereocenters. The number of aliphatic hydroxyl groups excluding tert-OH is 2. The van der Waals surface area contributed by atoms with Crippen molar-refractivity contribution in [3.8, 4) is 0 Å². The standard InChI is InChI=1S/C15H26O2/c1-11(9-16)4-3-7-15(2)13-6-5-12(10-17)8-14(13)15/h4,12-14,16-17H,3,5-10H2,1-2H3/b11-4+/t12?,13-,14+,15?/m0/s1. The Labute approximate surface area is 105 Å². The molecular formula is C15H26O2. The molecule has 0 spiro atoms. The first-order valence-corrected chi connectivity index (χ1v) is 6.99. The number of aliphatic hydroxyl groups is 2. The van der Waals surface area contributed by atoms with Crippen LogP contribution in [0.3, 0.4) is 0 Å². The summed E-state index contributed by atoms with van der Waals surface area (Å²) >= 11 is 0. The second-order valence-corrected chi connectivity index (χ2v) is 6.33. The van der Waals surface area contributed by atoms with Gasteiger partial charge in [0.25, 0.3) is 0 Å². The summed E-state index contributed by atoms with van der Waals surface area (Å²) in [6, 6.07) is 0. The minimum absolute atomic E-state index is 0.191. The van der Waals surface area contributed by atoms with Gasteiger partial charge in [0.2, 0.25) is 0 Å². The van der Waals surface area contributed by atoms with E-state index in [0.717, 1.165) is 23.8 Å². The Bertz CT molecular complexity index is 297. The first-order chi connectivity index (χ1) is 8.11. The molecule has 2 rings (SSSR count). The van der Waals surface area contributed by atoms with E-state index in [1.54, 1.807) is 0 Å². The predicted octanol–water partition coefficient (Wildman–Crippen LogP) is 2.75. The van der Waals surface area contributed by atoms with Crippen molar-refractivity contribution in [1.29, 1.82) is 0 Å². The van der Waals surface area contributed by atoms with Gasteiger partial charge in [-0.1, -0.05) is 18.6 Å². The smallest absolute Gasteiger partial charge is 0.0639 e. The van der Waals surface area contributed by atoms with Crippen molar-refractivity contribution in [2.75, 3.05) is 13.2 Å². The van der Waals surface area contributed by atoms with Gasteiger partial charge >= 0.3 is 0 Å². The third kappa shape index (κ3) is 2.58. The summed E-state index contributed by atoms with van der Waals surface area (Å²) in [7, 11) is 0. The average molecular weight is 238 g/mol. The van der Waals surface area contributed by atoms with E-state index in [1.165, 1.54) is 25.7 Å². The minimum atomic E-state index is 0.191. The number of allylic oxidation sites excluding steroid dienone is 1. The minimum Gasteiger partial charge on any atom is -0.396 e. The van der Waals surface area contributed by atoms with E-state index in [1.807, 2.05) is 6.92 Å². The first kappa shape index (κ1) is 13.1. The van der Waals surface area contributed by atoms with Gasteiger partial charge in [0.1, 0.15) is 0 Å². The summed E-state index contributed by atoms with van der Waals surface area (Å²) in [5.74, 6) is 2.33. The summed E-state index contributed by atoms with van der Waals surface area (Å²) < 4.78 is 0. The molecule has 2 nitrogen and oxygen atoms in total. The maximum absolute atomic E-state index is 9.24. The lowest BCUT2D eigenvalue weighted by Gasteiger charge is -2.17. The summed E-state index contributed by atoms with van der Waals surface area (Å²) in [4.78, 5) is 0. The number of hydrogen-bond acceptors (Lipinski definition) is 2. The maximum atomic E-state index is 9.24. The summed E-state index contributed by atoms with van der Waals surface area (Å²) in [6.07, 6.45) is 8.30. The Balaban J connectivity index is 1.82. The van der Waals surface area contributed by atoms with Gasteiger partial charge in [-0.3, -0.25) is 0 Å². The molecule has 0 bridgehead atoms. The van der Waals surface area contributed by atoms with Crippen molar-refractivity contribution in [2.45, 2.75) is 46.0 Å². The third-order valence-corrected chi connectivity index (χ3v) is 5.23. The summed E-state index contributed by atoms with van der Waals surface area (Å²) in [6.45, 7) is 4.98. The molecule has 0 aromatic rings. The van der Waals surface area contributed by atoms with Crippen molar-refractivity contribution in [3.05, 3.63) is 11.6 Å². The molecule has 0 heterocycles. The van der Waals surface area contributed by atoms with Crippen LogP contribution in [0.15, 0.2) is 11.6 Å². The molecule has 2 aliphatic carbocycles. The Kier molecular flexibility index (Phi) is 3.94. The molecule has 0 aromatic carbocycles. The van der Waals surface area contributed by atoms with Crippen molar-refractivity contribution in [1.82, 2.24) is 0 Å². The molecule has 2 N–H and O–H groups in total. The van der Waals surface area contributed by atoms with E-state index in [-0.39, 0.29) is 6.61 Å². The lowest BCUT2D eigenvalue weighted by Crippen LogP contribution is -2.12. The van der Waals surface area contributed by atoms with Crippen molar-refractivity contribution in [2.24, 2.45) is 23.2 Å². The first-order valence-electron chi connectivity index (χ1n) is 6.99. The van der Waals surface area contributed by atoms with E-state index in [0.29, 0.717) is 17.9 Å². The Morgan fingerprint density at radius 2 is 2.06 bits per heavy atom. The average Bonchev–Trinajstić information content (AvgIpc) is 2.94. The molecule has 98 valence electrons. The zero-order valence-corrected chi connectivity index (χ0v) is 11.2. The number of rotatable bonds is 5. The lowest BCUT2D eigenvalue weighted by molar-refractivity contribution is 0.185. The molecule has 2 aliphatic rings. The van der Waals surface area contributed by atoms with Gasteiger partial charge in [0.05, 0.1) is 6.61 Å². The molecule has 17 heavy (non-hydrogen) atoms. The van der Waals surface area contributed by atoms with Crippen molar-refractivity contribution >= 4 is 0 Å². The largest absolute Gasteiger partial charge is 0.396 e. The molecule has 0 radical (unpaired) electrons. The third-order valence-electron chi connectivity index (χ3n) is 5.23. The van der Waals surface area contributed by atoms with Gasteiger partial charge in [-0.05, 0) is 62.2 Å². The highest BCUT2D eigenvalue weighted by atomic mass is 16.3. The number of hydrogen-bond donors (Lipinski definition) is 2. The van der Waals surface area contributed by atoms with Crippen LogP contribution in [0.5, 0.6) is 0 Å². The summed E-state index contributed by atoms with van der Waals surface area (Å²) in [5.41, 5.74) is 1.61. The van der Waals surface area contributed by atoms with Gasteiger partial charge in [0, 0.05) is 6.61 Å². The molecule has 0 amide bonds. The van der Waals surface area contributed by atoms with Crippen LogP contribution >= 0.6 is 0 Å². The van der Waals surface area contributed by atoms with Gasteiger partial charge < -0.3 is 10.2 Å². The fraction of sp³-hybridized carbons (Fsp3) is 0.867. The quantitative estimate of drug-likeness (QED) is 0.723. The van der Waals surface area contributed by atoms with Crippen LogP contribution in [0, 0.1) is 23.2 Å². The van der Waals surface area contributed by atoms with Gasteiger partial charge in [0.15, 0.2) is 0 Å². The molecule has 0 aromatic heterocycles. The lowest BCUT2D eigenvalue weighted by atomic mass is 9.90. The van der Waals surface area contributed by atoms with Crippen LogP contribution < -0.4 is 0 Å². The van der Waals surface area contributed by atoms with E-state index >= 15 is 0 Å². The van der Waals surface area contributed by atoms with Crippen LogP contribution in [0.25, 0.3) is 0 Å². The second kappa shape index (κ2) is 5.11. The van der Waals surface area contributed by atoms with Gasteiger partial charge in [-0.2, -0.15) is 0 Å². The van der Waals surface area contributed by atoms with Crippen LogP contribution in [0.1, 0.15) is 46.0 Å². The Morgan fingerprint density at radius 3 is 2.71 bits per heavy atom. The number of fused-ring (bicyclic) bond motifs is 1. The maximum Gasteiger partial charge on any atom is 0.0639 e. The fourth-order valence-corrected chi connectivity index (χ4v) is 3.85. The van der Waals surface area contributed by atoms with E-state index in [2.05, 4.69) is 13.0 Å². The fourth-order valence-electron chi connectivity index (χ4n) is 3.85. The van der Waals surface area contributed by atoms with Crippen LogP contribution in [0.4, 0.5) is 0 Å². The molecule has 4 atom stereocenters. The molecule has 0 saturated heterocycles. The van der Waals surface area contributed by atoms with Crippen LogP contribution in [-0.4, -0.2) is 23.4 Å². The van der Waals surface area contributed by atoms with Crippen LogP contribution in [-0.2, 0) is 0 Å². The predicted molar refractivity (Wildman–Crippen MR) is 69.6 cm³/mol. The second-order valence-electron chi connectivity index (χ2n) is 6.33. The van der Waals surface area contributed by atoms with E-state index in [4.69, 9.17) is 5.11 Å². The van der Waals surface area contributed by atoms with Gasteiger partial charge in [-0.15, -0.1) is 0 Å². The van der Waals surface area contributed by atoms with E-state index < -0.39 is 0 Å². The zero-order chi connectivity index (χ0) is 12.5. The molecular weight excluding hydrogens is 212 g/mol. The van der Waals surface area contributed by atoms with Crippen LogP contribution in [0.2, 0.25) is 0 Å². The monoisotopic (exact) mass is 238 g/mol. The van der Waals surface area contributed by atoms with Gasteiger partial charge in [-0.25, -0.2) is 0 Å². The highest BCUT2D eigenvalue weighted by molar-refractivity contribution is 5.11. The Hall–Kier alpha value is -0.340. The van der Waals surface area contributed by atoms with Crippen molar-refractivity contribution in [3.63, 3.8) is 0 Å². The zero-order valence-electron chi connectivity index (χ0n) is 11.2. The topological polar surface area (TPSA) is 40.5 Å². The Morgan fingerprint density at radius 1 is 1.29 bits per heavy atom. The molecule has 2 heteroatoms. The van der Waals surface area contributed by atoms with E-state index in [9.17, 15) is 5.11 Å². The highest BCUT2D eigenvalue weighted by Crippen LogP contribution is 2.68. The SMILES string of the molecule is C/C(=C\CCC1(C)[C@@H]2CC(CO)CC[C@@H]21)CO. The molecule has 2 fully saturated rings. The normalized spacial score (nSPS) is 41.2. The highest BCUT2D eigenvalue weighted by Gasteiger charge is 2.61.